The van der Waals surface area contributed by atoms with Gasteiger partial charge >= 0.3 is 11.3 Å². The van der Waals surface area contributed by atoms with Crippen LogP contribution in [-0.2, 0) is 0 Å². The van der Waals surface area contributed by atoms with Gasteiger partial charge < -0.3 is 18.3 Å². The maximum atomic E-state index is 13.1. The van der Waals surface area contributed by atoms with Crippen molar-refractivity contribution in [2.75, 3.05) is 13.2 Å². The molecule has 0 aliphatic heterocycles. The number of hydrogen-bond donors (Lipinski definition) is 0. The third-order valence-corrected chi connectivity index (χ3v) is 7.46. The first kappa shape index (κ1) is 27.3. The highest BCUT2D eigenvalue weighted by atomic mass is 16.5. The molecule has 0 bridgehead atoms. The molecule has 6 heteroatoms. The third kappa shape index (κ3) is 5.40. The molecule has 212 valence electrons. The molecular formula is C36H32O6. The van der Waals surface area contributed by atoms with Gasteiger partial charge in [-0.3, -0.25) is 0 Å². The van der Waals surface area contributed by atoms with Crippen LogP contribution in [-0.4, -0.2) is 13.2 Å². The number of fused-ring (bicyclic) bond motifs is 4. The summed E-state index contributed by atoms with van der Waals surface area (Å²) in [5.41, 5.74) is 2.32. The van der Waals surface area contributed by atoms with Crippen molar-refractivity contribution in [1.29, 1.82) is 0 Å². The summed E-state index contributed by atoms with van der Waals surface area (Å²) in [5.74, 6) is 1.24. The molecular weight excluding hydrogens is 528 g/mol. The number of benzene rings is 4. The molecule has 6 nitrogen and oxygen atoms in total. The van der Waals surface area contributed by atoms with Gasteiger partial charge in [0.2, 0.25) is 0 Å². The summed E-state index contributed by atoms with van der Waals surface area (Å²) < 4.78 is 23.5. The highest BCUT2D eigenvalue weighted by molar-refractivity contribution is 6.06. The molecule has 0 fully saturated rings. The Morgan fingerprint density at radius 3 is 1.90 bits per heavy atom. The molecule has 4 aromatic carbocycles. The lowest BCUT2D eigenvalue weighted by Crippen LogP contribution is -2.05. The minimum atomic E-state index is -0.461. The second kappa shape index (κ2) is 12.0. The molecule has 0 saturated carbocycles. The van der Waals surface area contributed by atoms with Crippen LogP contribution in [0.5, 0.6) is 11.5 Å². The molecule has 2 heterocycles. The fraction of sp³-hybridized carbons (Fsp3) is 0.222. The molecule has 0 amide bonds. The van der Waals surface area contributed by atoms with Gasteiger partial charge in [-0.05, 0) is 52.9 Å². The van der Waals surface area contributed by atoms with Crippen LogP contribution in [0.1, 0.15) is 39.5 Å². The maximum absolute atomic E-state index is 13.1. The Morgan fingerprint density at radius 2 is 1.21 bits per heavy atom. The van der Waals surface area contributed by atoms with Gasteiger partial charge in [0.25, 0.3) is 0 Å². The first-order valence-electron chi connectivity index (χ1n) is 14.5. The van der Waals surface area contributed by atoms with Crippen molar-refractivity contribution >= 4 is 32.7 Å². The van der Waals surface area contributed by atoms with E-state index >= 15 is 0 Å². The van der Waals surface area contributed by atoms with E-state index in [-0.39, 0.29) is 0 Å². The van der Waals surface area contributed by atoms with Crippen LogP contribution in [0.3, 0.4) is 0 Å². The van der Waals surface area contributed by atoms with Crippen LogP contribution in [0.15, 0.2) is 103 Å². The average molecular weight is 561 g/mol. The van der Waals surface area contributed by atoms with E-state index < -0.39 is 11.3 Å². The van der Waals surface area contributed by atoms with Crippen molar-refractivity contribution in [3.8, 4) is 33.8 Å². The number of rotatable bonds is 10. The lowest BCUT2D eigenvalue weighted by atomic mass is 9.99. The van der Waals surface area contributed by atoms with Crippen molar-refractivity contribution in [2.45, 2.75) is 39.5 Å². The van der Waals surface area contributed by atoms with Gasteiger partial charge in [-0.1, -0.05) is 81.3 Å². The van der Waals surface area contributed by atoms with Crippen LogP contribution in [0.4, 0.5) is 0 Å². The zero-order valence-corrected chi connectivity index (χ0v) is 23.8. The largest absolute Gasteiger partial charge is 0.493 e. The highest BCUT2D eigenvalue weighted by Gasteiger charge is 2.15. The molecule has 0 N–H and O–H groups in total. The molecule has 0 unspecified atom stereocenters. The zero-order valence-electron chi connectivity index (χ0n) is 23.8. The summed E-state index contributed by atoms with van der Waals surface area (Å²) in [5, 5.41) is 3.66. The lowest BCUT2D eigenvalue weighted by Gasteiger charge is -2.13. The fourth-order valence-electron chi connectivity index (χ4n) is 5.13. The quantitative estimate of drug-likeness (QED) is 0.0947. The molecule has 0 atom stereocenters. The SMILES string of the molecule is CCCCOc1cc(OCCCC)c2cc(-c3ccc(-c4cc5c(ccc6ccccc65)oc4=O)cc3)c(=O)oc2c1. The number of unbranched alkanes of at least 4 members (excludes halogenated alkanes) is 2. The molecule has 6 aromatic rings. The Morgan fingerprint density at radius 1 is 0.595 bits per heavy atom. The van der Waals surface area contributed by atoms with E-state index in [2.05, 4.69) is 13.8 Å². The highest BCUT2D eigenvalue weighted by Crippen LogP contribution is 2.34. The Balaban J connectivity index is 1.38. The summed E-state index contributed by atoms with van der Waals surface area (Å²) in [4.78, 5) is 26.1. The summed E-state index contributed by atoms with van der Waals surface area (Å²) >= 11 is 0. The van der Waals surface area contributed by atoms with E-state index in [1.165, 1.54) is 0 Å². The normalized spacial score (nSPS) is 11.4. The molecule has 0 aliphatic carbocycles. The first-order chi connectivity index (χ1) is 20.6. The monoisotopic (exact) mass is 560 g/mol. The van der Waals surface area contributed by atoms with Gasteiger partial charge in [-0.15, -0.1) is 0 Å². The van der Waals surface area contributed by atoms with Gasteiger partial charge in [-0.25, -0.2) is 9.59 Å². The van der Waals surface area contributed by atoms with Crippen LogP contribution < -0.4 is 20.7 Å². The molecule has 0 saturated heterocycles. The maximum Gasteiger partial charge on any atom is 0.344 e. The van der Waals surface area contributed by atoms with Crippen molar-refractivity contribution in [3.05, 3.63) is 106 Å². The summed E-state index contributed by atoms with van der Waals surface area (Å²) in [7, 11) is 0. The summed E-state index contributed by atoms with van der Waals surface area (Å²) in [6, 6.07) is 26.4. The van der Waals surface area contributed by atoms with E-state index in [9.17, 15) is 9.59 Å². The number of hydrogen-bond acceptors (Lipinski definition) is 6. The molecule has 0 spiro atoms. The van der Waals surface area contributed by atoms with Gasteiger partial charge in [0, 0.05) is 17.5 Å². The molecule has 2 aromatic heterocycles. The number of ether oxygens (including phenoxy) is 2. The van der Waals surface area contributed by atoms with E-state index in [0.717, 1.165) is 41.8 Å². The second-order valence-corrected chi connectivity index (χ2v) is 10.4. The lowest BCUT2D eigenvalue weighted by molar-refractivity contribution is 0.296. The van der Waals surface area contributed by atoms with Gasteiger partial charge in [0.1, 0.15) is 22.7 Å². The second-order valence-electron chi connectivity index (χ2n) is 10.4. The van der Waals surface area contributed by atoms with Gasteiger partial charge in [0.15, 0.2) is 0 Å². The van der Waals surface area contributed by atoms with Gasteiger partial charge in [-0.2, -0.15) is 0 Å². The molecule has 42 heavy (non-hydrogen) atoms. The van der Waals surface area contributed by atoms with Crippen molar-refractivity contribution < 1.29 is 18.3 Å². The molecule has 0 radical (unpaired) electrons. The Kier molecular flexibility index (Phi) is 7.78. The Bertz CT molecular complexity index is 2000. The van der Waals surface area contributed by atoms with E-state index in [0.29, 0.717) is 63.5 Å². The van der Waals surface area contributed by atoms with E-state index in [1.54, 1.807) is 6.07 Å². The predicted molar refractivity (Wildman–Crippen MR) is 168 cm³/mol. The van der Waals surface area contributed by atoms with Crippen LogP contribution in [0.25, 0.3) is 55.0 Å². The average Bonchev–Trinajstić information content (AvgIpc) is 3.01. The summed E-state index contributed by atoms with van der Waals surface area (Å²) in [6.45, 7) is 5.35. The first-order valence-corrected chi connectivity index (χ1v) is 14.5. The topological polar surface area (TPSA) is 78.9 Å². The molecule has 0 aliphatic rings. The van der Waals surface area contributed by atoms with Crippen LogP contribution >= 0.6 is 0 Å². The van der Waals surface area contributed by atoms with Crippen molar-refractivity contribution in [2.24, 2.45) is 0 Å². The van der Waals surface area contributed by atoms with Crippen LogP contribution in [0.2, 0.25) is 0 Å². The van der Waals surface area contributed by atoms with Crippen molar-refractivity contribution in [3.63, 3.8) is 0 Å². The Hall–Kier alpha value is -4.84. The van der Waals surface area contributed by atoms with Crippen LogP contribution in [0, 0.1) is 0 Å². The summed E-state index contributed by atoms with van der Waals surface area (Å²) in [6.07, 6.45) is 3.86. The van der Waals surface area contributed by atoms with E-state index in [1.807, 2.05) is 78.9 Å². The minimum Gasteiger partial charge on any atom is -0.493 e. The molecule has 6 rings (SSSR count). The van der Waals surface area contributed by atoms with Crippen molar-refractivity contribution in [1.82, 2.24) is 0 Å². The smallest absolute Gasteiger partial charge is 0.344 e. The Labute approximate surface area is 243 Å². The van der Waals surface area contributed by atoms with E-state index in [4.69, 9.17) is 18.3 Å². The fourth-order valence-corrected chi connectivity index (χ4v) is 5.13. The zero-order chi connectivity index (χ0) is 29.1. The third-order valence-electron chi connectivity index (χ3n) is 7.46. The van der Waals surface area contributed by atoms with Gasteiger partial charge in [0.05, 0.1) is 29.7 Å². The minimum absolute atomic E-state index is 0.408. The standard InChI is InChI=1S/C36H32O6/c1-3-5-17-39-26-19-33(40-18-6-4-2)31-22-29(36(38)42-34(31)20-26)25-13-11-24(12-14-25)28-21-30-27-10-8-7-9-23(27)15-16-32(30)41-35(28)37/h7-16,19-22H,3-6,17-18H2,1-2H3. The predicted octanol–water partition coefficient (Wildman–Crippen LogP) is 8.74.